The van der Waals surface area contributed by atoms with Crippen molar-refractivity contribution >= 4 is 18.3 Å². The predicted molar refractivity (Wildman–Crippen MR) is 90.4 cm³/mol. The quantitative estimate of drug-likeness (QED) is 0.700. The SMILES string of the molecule is COCCNCCNC(=O)c1cn(-c2cccc(C)c2)nn1.Cl. The Hall–Kier alpha value is -1.96. The minimum Gasteiger partial charge on any atom is -0.383 e. The number of hydrogen-bond acceptors (Lipinski definition) is 5. The van der Waals surface area contributed by atoms with Crippen LogP contribution < -0.4 is 10.6 Å². The molecule has 2 aromatic rings. The van der Waals surface area contributed by atoms with Crippen LogP contribution in [0.15, 0.2) is 30.5 Å². The van der Waals surface area contributed by atoms with Gasteiger partial charge in [0.25, 0.3) is 5.91 Å². The van der Waals surface area contributed by atoms with Gasteiger partial charge >= 0.3 is 0 Å². The van der Waals surface area contributed by atoms with Crippen LogP contribution in [0.25, 0.3) is 5.69 Å². The maximum Gasteiger partial charge on any atom is 0.273 e. The Morgan fingerprint density at radius 2 is 2.13 bits per heavy atom. The second-order valence-corrected chi connectivity index (χ2v) is 4.89. The summed E-state index contributed by atoms with van der Waals surface area (Å²) >= 11 is 0. The molecule has 0 saturated heterocycles. The van der Waals surface area contributed by atoms with E-state index in [1.54, 1.807) is 18.0 Å². The molecule has 7 nitrogen and oxygen atoms in total. The molecule has 0 unspecified atom stereocenters. The number of aryl methyl sites for hydroxylation is 1. The number of ether oxygens (including phenoxy) is 1. The Morgan fingerprint density at radius 3 is 2.87 bits per heavy atom. The maximum absolute atomic E-state index is 12.0. The van der Waals surface area contributed by atoms with Gasteiger partial charge in [-0.2, -0.15) is 0 Å². The number of carbonyl (C=O) groups is 1. The number of nitrogens with one attached hydrogen (secondary N) is 2. The molecule has 23 heavy (non-hydrogen) atoms. The lowest BCUT2D eigenvalue weighted by atomic mass is 10.2. The van der Waals surface area contributed by atoms with Crippen molar-refractivity contribution < 1.29 is 9.53 Å². The minimum atomic E-state index is -0.229. The van der Waals surface area contributed by atoms with Gasteiger partial charge in [-0.3, -0.25) is 4.79 Å². The summed E-state index contributed by atoms with van der Waals surface area (Å²) < 4.78 is 6.52. The minimum absolute atomic E-state index is 0. The molecule has 8 heteroatoms. The second-order valence-electron chi connectivity index (χ2n) is 4.89. The summed E-state index contributed by atoms with van der Waals surface area (Å²) in [6, 6.07) is 7.85. The second kappa shape index (κ2) is 9.94. The molecule has 0 atom stereocenters. The van der Waals surface area contributed by atoms with E-state index in [4.69, 9.17) is 4.74 Å². The Kier molecular flexibility index (Phi) is 8.25. The van der Waals surface area contributed by atoms with E-state index in [9.17, 15) is 4.79 Å². The highest BCUT2D eigenvalue weighted by atomic mass is 35.5. The number of amides is 1. The first-order chi connectivity index (χ1) is 10.7. The van der Waals surface area contributed by atoms with Crippen LogP contribution in [0.5, 0.6) is 0 Å². The van der Waals surface area contributed by atoms with Crippen LogP contribution in [-0.4, -0.2) is 54.3 Å². The largest absolute Gasteiger partial charge is 0.383 e. The van der Waals surface area contributed by atoms with Crippen LogP contribution in [0, 0.1) is 6.92 Å². The van der Waals surface area contributed by atoms with Crippen LogP contribution in [0.1, 0.15) is 16.1 Å². The third kappa shape index (κ3) is 5.97. The molecule has 126 valence electrons. The van der Waals surface area contributed by atoms with Crippen molar-refractivity contribution in [3.05, 3.63) is 41.7 Å². The first-order valence-corrected chi connectivity index (χ1v) is 7.18. The van der Waals surface area contributed by atoms with Crippen molar-refractivity contribution in [3.8, 4) is 5.69 Å². The maximum atomic E-state index is 12.0. The van der Waals surface area contributed by atoms with Crippen LogP contribution in [0.2, 0.25) is 0 Å². The van der Waals surface area contributed by atoms with E-state index in [0.29, 0.717) is 25.4 Å². The van der Waals surface area contributed by atoms with E-state index in [2.05, 4.69) is 20.9 Å². The number of hydrogen-bond donors (Lipinski definition) is 2. The van der Waals surface area contributed by atoms with Gasteiger partial charge in [0.1, 0.15) is 0 Å². The average Bonchev–Trinajstić information content (AvgIpc) is 3.00. The number of carbonyl (C=O) groups excluding carboxylic acids is 1. The number of halogens is 1. The molecular weight excluding hydrogens is 318 g/mol. The number of aromatic nitrogens is 3. The molecule has 1 aromatic heterocycles. The molecule has 0 saturated carbocycles. The Bertz CT molecular complexity index is 617. The molecule has 0 aliphatic heterocycles. The molecule has 0 fully saturated rings. The van der Waals surface area contributed by atoms with Gasteiger partial charge in [0, 0.05) is 26.7 Å². The Morgan fingerprint density at radius 1 is 1.30 bits per heavy atom. The molecule has 1 aromatic carbocycles. The van der Waals surface area contributed by atoms with Crippen molar-refractivity contribution in [2.24, 2.45) is 0 Å². The smallest absolute Gasteiger partial charge is 0.273 e. The summed E-state index contributed by atoms with van der Waals surface area (Å²) in [4.78, 5) is 12.0. The van der Waals surface area contributed by atoms with Crippen LogP contribution >= 0.6 is 12.4 Å². The van der Waals surface area contributed by atoms with Crippen LogP contribution in [-0.2, 0) is 4.74 Å². The van der Waals surface area contributed by atoms with Crippen molar-refractivity contribution in [2.75, 3.05) is 33.4 Å². The standard InChI is InChI=1S/C15H21N5O2.ClH/c1-12-4-3-5-13(10-12)20-11-14(18-19-20)15(21)17-7-6-16-8-9-22-2;/h3-5,10-11,16H,6-9H2,1-2H3,(H,17,21);1H. The lowest BCUT2D eigenvalue weighted by Crippen LogP contribution is -2.33. The van der Waals surface area contributed by atoms with Gasteiger partial charge in [0.2, 0.25) is 0 Å². The highest BCUT2D eigenvalue weighted by molar-refractivity contribution is 5.91. The highest BCUT2D eigenvalue weighted by Gasteiger charge is 2.10. The van der Waals surface area contributed by atoms with Gasteiger partial charge in [-0.05, 0) is 24.6 Å². The van der Waals surface area contributed by atoms with E-state index < -0.39 is 0 Å². The number of methoxy groups -OCH3 is 1. The predicted octanol–water partition coefficient (Wildman–Crippen LogP) is 0.963. The molecule has 2 N–H and O–H groups in total. The zero-order valence-electron chi connectivity index (χ0n) is 13.3. The molecule has 1 amide bonds. The van der Waals surface area contributed by atoms with E-state index in [-0.39, 0.29) is 18.3 Å². The summed E-state index contributed by atoms with van der Waals surface area (Å²) in [6.45, 7) is 4.63. The highest BCUT2D eigenvalue weighted by Crippen LogP contribution is 2.09. The Labute approximate surface area is 141 Å². The number of rotatable bonds is 8. The lowest BCUT2D eigenvalue weighted by Gasteiger charge is -2.04. The molecule has 0 bridgehead atoms. The summed E-state index contributed by atoms with van der Waals surface area (Å²) in [5.41, 5.74) is 2.31. The van der Waals surface area contributed by atoms with Gasteiger partial charge in [-0.1, -0.05) is 17.3 Å². The van der Waals surface area contributed by atoms with E-state index in [1.165, 1.54) is 0 Å². The van der Waals surface area contributed by atoms with Crippen LogP contribution in [0.4, 0.5) is 0 Å². The topological polar surface area (TPSA) is 81.1 Å². The normalized spacial score (nSPS) is 10.2. The third-order valence-corrected chi connectivity index (χ3v) is 3.06. The van der Waals surface area contributed by atoms with E-state index in [0.717, 1.165) is 17.8 Å². The molecule has 0 spiro atoms. The first kappa shape index (κ1) is 19.1. The van der Waals surface area contributed by atoms with Gasteiger partial charge in [-0.25, -0.2) is 4.68 Å². The van der Waals surface area contributed by atoms with Gasteiger partial charge in [0.05, 0.1) is 18.5 Å². The Balaban J connectivity index is 0.00000264. The summed E-state index contributed by atoms with van der Waals surface area (Å²) in [5, 5.41) is 13.8. The molecular formula is C15H22ClN5O2. The van der Waals surface area contributed by atoms with Crippen LogP contribution in [0.3, 0.4) is 0 Å². The van der Waals surface area contributed by atoms with Crippen molar-refractivity contribution in [1.82, 2.24) is 25.6 Å². The summed E-state index contributed by atoms with van der Waals surface area (Å²) in [5.74, 6) is -0.229. The fourth-order valence-electron chi connectivity index (χ4n) is 1.92. The zero-order valence-corrected chi connectivity index (χ0v) is 14.1. The fraction of sp³-hybridized carbons (Fsp3) is 0.400. The van der Waals surface area contributed by atoms with Crippen molar-refractivity contribution in [3.63, 3.8) is 0 Å². The van der Waals surface area contributed by atoms with Gasteiger partial charge < -0.3 is 15.4 Å². The van der Waals surface area contributed by atoms with Crippen molar-refractivity contribution in [2.45, 2.75) is 6.92 Å². The molecule has 0 radical (unpaired) electrons. The molecule has 1 heterocycles. The monoisotopic (exact) mass is 339 g/mol. The van der Waals surface area contributed by atoms with E-state index >= 15 is 0 Å². The molecule has 0 aliphatic rings. The molecule has 2 rings (SSSR count). The van der Waals surface area contributed by atoms with E-state index in [1.807, 2.05) is 31.2 Å². The summed E-state index contributed by atoms with van der Waals surface area (Å²) in [7, 11) is 1.65. The number of nitrogens with zero attached hydrogens (tertiary/aromatic N) is 3. The summed E-state index contributed by atoms with van der Waals surface area (Å²) in [6.07, 6.45) is 1.63. The number of benzene rings is 1. The lowest BCUT2D eigenvalue weighted by molar-refractivity contribution is 0.0948. The van der Waals surface area contributed by atoms with Gasteiger partial charge in [-0.15, -0.1) is 17.5 Å². The zero-order chi connectivity index (χ0) is 15.8. The molecule has 0 aliphatic carbocycles. The third-order valence-electron chi connectivity index (χ3n) is 3.06. The first-order valence-electron chi connectivity index (χ1n) is 7.18. The average molecular weight is 340 g/mol. The van der Waals surface area contributed by atoms with Gasteiger partial charge in [0.15, 0.2) is 5.69 Å². The van der Waals surface area contributed by atoms with Crippen molar-refractivity contribution in [1.29, 1.82) is 0 Å². The fourth-order valence-corrected chi connectivity index (χ4v) is 1.92.